The van der Waals surface area contributed by atoms with Gasteiger partial charge in [-0.05, 0) is 19.1 Å². The lowest BCUT2D eigenvalue weighted by Crippen LogP contribution is -2.51. The van der Waals surface area contributed by atoms with Gasteiger partial charge in [-0.2, -0.15) is 0 Å². The molecule has 1 N–H and O–H groups in total. The molecule has 1 amide bonds. The van der Waals surface area contributed by atoms with Gasteiger partial charge in [-0.15, -0.1) is 0 Å². The molecule has 0 bridgehead atoms. The molecule has 1 aromatic heterocycles. The minimum absolute atomic E-state index is 0.0269. The summed E-state index contributed by atoms with van der Waals surface area (Å²) in [5.41, 5.74) is 1.41. The number of benzene rings is 1. The van der Waals surface area contributed by atoms with Crippen LogP contribution in [0.4, 0.5) is 0 Å². The Morgan fingerprint density at radius 3 is 3.00 bits per heavy atom. The molecule has 1 aliphatic rings. The van der Waals surface area contributed by atoms with Gasteiger partial charge < -0.3 is 10.2 Å². The first-order valence-electron chi connectivity index (χ1n) is 6.62. The number of para-hydroxylation sites is 1. The highest BCUT2D eigenvalue weighted by Gasteiger charge is 2.22. The lowest BCUT2D eigenvalue weighted by Gasteiger charge is -2.31. The van der Waals surface area contributed by atoms with E-state index in [0.717, 1.165) is 30.5 Å². The smallest absolute Gasteiger partial charge is 0.272 e. The lowest BCUT2D eigenvalue weighted by atomic mass is 10.1. The van der Waals surface area contributed by atoms with E-state index in [-0.39, 0.29) is 5.91 Å². The highest BCUT2D eigenvalue weighted by molar-refractivity contribution is 5.95. The molecule has 2 aromatic rings. The molecule has 1 aromatic carbocycles. The van der Waals surface area contributed by atoms with Crippen LogP contribution >= 0.6 is 0 Å². The Balaban J connectivity index is 1.88. The number of piperazine rings is 1. The van der Waals surface area contributed by atoms with Gasteiger partial charge in [-0.25, -0.2) is 4.98 Å². The Bertz CT molecular complexity index is 611. The van der Waals surface area contributed by atoms with Crippen LogP contribution in [0.5, 0.6) is 0 Å². The second kappa shape index (κ2) is 4.97. The monoisotopic (exact) mass is 255 g/mol. The summed E-state index contributed by atoms with van der Waals surface area (Å²) in [4.78, 5) is 18.8. The van der Waals surface area contributed by atoms with Crippen molar-refractivity contribution in [2.45, 2.75) is 13.0 Å². The van der Waals surface area contributed by atoms with E-state index in [4.69, 9.17) is 0 Å². The molecule has 4 heteroatoms. The molecule has 1 saturated heterocycles. The van der Waals surface area contributed by atoms with Crippen molar-refractivity contribution in [1.82, 2.24) is 15.2 Å². The number of nitrogens with zero attached hydrogens (tertiary/aromatic N) is 2. The standard InChI is InChI=1S/C15H17N3O/c1-11-10-18(9-8-16-11)15(19)14-7-6-12-4-2-3-5-13(12)17-14/h2-7,11,16H,8-10H2,1H3/t11-/m1/s1. The van der Waals surface area contributed by atoms with Gasteiger partial charge in [-0.1, -0.05) is 24.3 Å². The Morgan fingerprint density at radius 2 is 2.16 bits per heavy atom. The first-order chi connectivity index (χ1) is 9.24. The second-order valence-electron chi connectivity index (χ2n) is 5.00. The Kier molecular flexibility index (Phi) is 3.17. The zero-order valence-corrected chi connectivity index (χ0v) is 11.0. The Labute approximate surface area is 112 Å². The van der Waals surface area contributed by atoms with Crippen molar-refractivity contribution in [2.24, 2.45) is 0 Å². The topological polar surface area (TPSA) is 45.2 Å². The fourth-order valence-corrected chi connectivity index (χ4v) is 2.46. The largest absolute Gasteiger partial charge is 0.334 e. The van der Waals surface area contributed by atoms with E-state index in [1.54, 1.807) is 0 Å². The number of pyridine rings is 1. The van der Waals surface area contributed by atoms with Crippen molar-refractivity contribution in [1.29, 1.82) is 0 Å². The number of hydrogen-bond acceptors (Lipinski definition) is 3. The third-order valence-corrected chi connectivity index (χ3v) is 3.47. The summed E-state index contributed by atoms with van der Waals surface area (Å²) in [6, 6.07) is 12.0. The summed E-state index contributed by atoms with van der Waals surface area (Å²) in [5, 5.41) is 4.40. The van der Waals surface area contributed by atoms with Gasteiger partial charge >= 0.3 is 0 Å². The van der Waals surface area contributed by atoms with Crippen molar-refractivity contribution in [2.75, 3.05) is 19.6 Å². The van der Waals surface area contributed by atoms with Crippen molar-refractivity contribution < 1.29 is 4.79 Å². The number of carbonyl (C=O) groups is 1. The number of carbonyl (C=O) groups excluding carboxylic acids is 1. The molecule has 1 aliphatic heterocycles. The summed E-state index contributed by atoms with van der Waals surface area (Å²) >= 11 is 0. The minimum atomic E-state index is 0.0269. The Morgan fingerprint density at radius 1 is 1.32 bits per heavy atom. The van der Waals surface area contributed by atoms with Crippen molar-refractivity contribution in [3.05, 3.63) is 42.1 Å². The van der Waals surface area contributed by atoms with E-state index in [1.165, 1.54) is 0 Å². The lowest BCUT2D eigenvalue weighted by molar-refractivity contribution is 0.0703. The summed E-state index contributed by atoms with van der Waals surface area (Å²) < 4.78 is 0. The van der Waals surface area contributed by atoms with Crippen molar-refractivity contribution in [3.63, 3.8) is 0 Å². The third-order valence-electron chi connectivity index (χ3n) is 3.47. The van der Waals surface area contributed by atoms with Crippen LogP contribution in [0.1, 0.15) is 17.4 Å². The van der Waals surface area contributed by atoms with E-state index >= 15 is 0 Å². The summed E-state index contributed by atoms with van der Waals surface area (Å²) in [7, 11) is 0. The van der Waals surface area contributed by atoms with Crippen LogP contribution in [0.25, 0.3) is 10.9 Å². The normalized spacial score (nSPS) is 19.6. The average Bonchev–Trinajstić information content (AvgIpc) is 2.46. The molecule has 19 heavy (non-hydrogen) atoms. The number of rotatable bonds is 1. The predicted octanol–water partition coefficient (Wildman–Crippen LogP) is 1.67. The molecule has 98 valence electrons. The zero-order valence-electron chi connectivity index (χ0n) is 11.0. The Hall–Kier alpha value is -1.94. The van der Waals surface area contributed by atoms with Crippen LogP contribution in [-0.2, 0) is 0 Å². The third kappa shape index (κ3) is 2.44. The van der Waals surface area contributed by atoms with Gasteiger partial charge in [0.2, 0.25) is 0 Å². The summed E-state index contributed by atoms with van der Waals surface area (Å²) in [6.45, 7) is 4.43. The first kappa shape index (κ1) is 12.1. The minimum Gasteiger partial charge on any atom is -0.334 e. The van der Waals surface area contributed by atoms with Crippen LogP contribution < -0.4 is 5.32 Å². The van der Waals surface area contributed by atoms with Crippen molar-refractivity contribution >= 4 is 16.8 Å². The number of hydrogen-bond donors (Lipinski definition) is 1. The highest BCUT2D eigenvalue weighted by Crippen LogP contribution is 2.13. The fourth-order valence-electron chi connectivity index (χ4n) is 2.46. The van der Waals surface area contributed by atoms with Crippen LogP contribution in [-0.4, -0.2) is 41.5 Å². The maximum absolute atomic E-state index is 12.4. The van der Waals surface area contributed by atoms with Gasteiger partial charge in [0.1, 0.15) is 5.69 Å². The summed E-state index contributed by atoms with van der Waals surface area (Å²) in [6.07, 6.45) is 0. The molecule has 1 fully saturated rings. The van der Waals surface area contributed by atoms with Crippen LogP contribution in [0, 0.1) is 0 Å². The molecule has 0 aliphatic carbocycles. The molecular formula is C15H17N3O. The number of amides is 1. The van der Waals surface area contributed by atoms with E-state index in [1.807, 2.05) is 41.3 Å². The predicted molar refractivity (Wildman–Crippen MR) is 75.1 cm³/mol. The molecule has 0 radical (unpaired) electrons. The van der Waals surface area contributed by atoms with Gasteiger partial charge in [0, 0.05) is 31.1 Å². The average molecular weight is 255 g/mol. The molecule has 0 saturated carbocycles. The zero-order chi connectivity index (χ0) is 13.2. The van der Waals surface area contributed by atoms with Gasteiger partial charge in [0.25, 0.3) is 5.91 Å². The molecule has 2 heterocycles. The number of aromatic nitrogens is 1. The van der Waals surface area contributed by atoms with Gasteiger partial charge in [0.05, 0.1) is 5.52 Å². The molecule has 4 nitrogen and oxygen atoms in total. The summed E-state index contributed by atoms with van der Waals surface area (Å²) in [5.74, 6) is 0.0269. The molecule has 0 spiro atoms. The number of fused-ring (bicyclic) bond motifs is 1. The maximum Gasteiger partial charge on any atom is 0.272 e. The maximum atomic E-state index is 12.4. The molecule has 0 unspecified atom stereocenters. The quantitative estimate of drug-likeness (QED) is 0.843. The van der Waals surface area contributed by atoms with Gasteiger partial charge in [-0.3, -0.25) is 4.79 Å². The molecular weight excluding hydrogens is 238 g/mol. The second-order valence-corrected chi connectivity index (χ2v) is 5.00. The van der Waals surface area contributed by atoms with Gasteiger partial charge in [0.15, 0.2) is 0 Å². The number of nitrogens with one attached hydrogen (secondary N) is 1. The highest BCUT2D eigenvalue weighted by atomic mass is 16.2. The SMILES string of the molecule is C[C@@H]1CN(C(=O)c2ccc3ccccc3n2)CCN1. The molecule has 3 rings (SSSR count). The van der Waals surface area contributed by atoms with E-state index in [0.29, 0.717) is 11.7 Å². The van der Waals surface area contributed by atoms with E-state index in [2.05, 4.69) is 17.2 Å². The van der Waals surface area contributed by atoms with Crippen LogP contribution in [0.3, 0.4) is 0 Å². The fraction of sp³-hybridized carbons (Fsp3) is 0.333. The van der Waals surface area contributed by atoms with Crippen LogP contribution in [0.15, 0.2) is 36.4 Å². The first-order valence-corrected chi connectivity index (χ1v) is 6.62. The van der Waals surface area contributed by atoms with Crippen LogP contribution in [0.2, 0.25) is 0 Å². The molecule has 1 atom stereocenters. The van der Waals surface area contributed by atoms with E-state index in [9.17, 15) is 4.79 Å². The van der Waals surface area contributed by atoms with E-state index < -0.39 is 0 Å². The van der Waals surface area contributed by atoms with Crippen molar-refractivity contribution in [3.8, 4) is 0 Å².